The summed E-state index contributed by atoms with van der Waals surface area (Å²) in [5.74, 6) is -1.03. The van der Waals surface area contributed by atoms with Crippen molar-refractivity contribution in [2.24, 2.45) is 5.92 Å². The van der Waals surface area contributed by atoms with Crippen LogP contribution >= 0.6 is 0 Å². The molecule has 2 rings (SSSR count). The second kappa shape index (κ2) is 8.35. The summed E-state index contributed by atoms with van der Waals surface area (Å²) in [5, 5.41) is 16.6. The zero-order valence-corrected chi connectivity index (χ0v) is 16.6. The first-order valence-electron chi connectivity index (χ1n) is 8.95. The maximum Gasteiger partial charge on any atom is 0.307 e. The van der Waals surface area contributed by atoms with Gasteiger partial charge in [-0.25, -0.2) is 4.68 Å². The molecule has 7 nitrogen and oxygen atoms in total. The summed E-state index contributed by atoms with van der Waals surface area (Å²) in [6, 6.07) is 11.5. The van der Waals surface area contributed by atoms with Gasteiger partial charge in [0.15, 0.2) is 0 Å². The highest BCUT2D eigenvalue weighted by atomic mass is 16.4. The summed E-state index contributed by atoms with van der Waals surface area (Å²) >= 11 is 0. The molecule has 1 atom stereocenters. The second-order valence-corrected chi connectivity index (χ2v) is 7.90. The first-order valence-corrected chi connectivity index (χ1v) is 8.95. The molecule has 0 bridgehead atoms. The van der Waals surface area contributed by atoms with Crippen molar-refractivity contribution in [3.05, 3.63) is 42.1 Å². The third-order valence-electron chi connectivity index (χ3n) is 4.17. The van der Waals surface area contributed by atoms with Crippen LogP contribution < -0.4 is 5.32 Å². The van der Waals surface area contributed by atoms with Crippen molar-refractivity contribution in [3.8, 4) is 5.69 Å². The van der Waals surface area contributed by atoms with E-state index in [0.717, 1.165) is 11.4 Å². The summed E-state index contributed by atoms with van der Waals surface area (Å²) < 4.78 is 1.72. The first kappa shape index (κ1) is 20.6. The molecule has 2 N–H and O–H groups in total. The lowest BCUT2D eigenvalue weighted by Crippen LogP contribution is -2.35. The quantitative estimate of drug-likeness (QED) is 0.780. The number of carboxylic acid groups (broad SMARTS) is 1. The molecule has 0 aliphatic rings. The molecule has 1 heterocycles. The van der Waals surface area contributed by atoms with Gasteiger partial charge in [0.2, 0.25) is 5.91 Å². The van der Waals surface area contributed by atoms with Crippen LogP contribution in [0.25, 0.3) is 5.69 Å². The normalized spacial score (nSPS) is 12.8. The van der Waals surface area contributed by atoms with Crippen LogP contribution in [0.4, 0.5) is 5.82 Å². The number of carboxylic acids is 1. The van der Waals surface area contributed by atoms with Gasteiger partial charge in [0, 0.05) is 18.0 Å². The Balaban J connectivity index is 2.18. The maximum atomic E-state index is 12.5. The Hall–Kier alpha value is -2.67. The van der Waals surface area contributed by atoms with Crippen molar-refractivity contribution < 1.29 is 14.7 Å². The molecule has 1 amide bonds. The second-order valence-electron chi connectivity index (χ2n) is 7.90. The van der Waals surface area contributed by atoms with Gasteiger partial charge in [-0.05, 0) is 19.2 Å². The molecule has 0 aliphatic carbocycles. The number of aliphatic carboxylic acids is 1. The van der Waals surface area contributed by atoms with Crippen LogP contribution in [0.15, 0.2) is 36.4 Å². The highest BCUT2D eigenvalue weighted by molar-refractivity contribution is 5.91. The van der Waals surface area contributed by atoms with E-state index < -0.39 is 11.9 Å². The van der Waals surface area contributed by atoms with Gasteiger partial charge in [-0.15, -0.1) is 0 Å². The monoisotopic (exact) mass is 372 g/mol. The van der Waals surface area contributed by atoms with E-state index in [1.807, 2.05) is 36.4 Å². The number of para-hydroxylation sites is 1. The summed E-state index contributed by atoms with van der Waals surface area (Å²) in [4.78, 5) is 25.1. The first-order chi connectivity index (χ1) is 12.6. The molecule has 0 saturated carbocycles. The third kappa shape index (κ3) is 5.65. The van der Waals surface area contributed by atoms with Gasteiger partial charge in [0.05, 0.1) is 23.8 Å². The van der Waals surface area contributed by atoms with Crippen LogP contribution in [0.3, 0.4) is 0 Å². The average molecular weight is 372 g/mol. The van der Waals surface area contributed by atoms with Gasteiger partial charge >= 0.3 is 5.97 Å². The van der Waals surface area contributed by atoms with Crippen molar-refractivity contribution in [1.29, 1.82) is 0 Å². The Morgan fingerprint density at radius 1 is 1.26 bits per heavy atom. The molecule has 7 heteroatoms. The fourth-order valence-corrected chi connectivity index (χ4v) is 2.64. The predicted molar refractivity (Wildman–Crippen MR) is 105 cm³/mol. The van der Waals surface area contributed by atoms with E-state index in [2.05, 4.69) is 31.2 Å². The molecule has 0 spiro atoms. The van der Waals surface area contributed by atoms with Gasteiger partial charge in [0.1, 0.15) is 5.82 Å². The van der Waals surface area contributed by atoms with Crippen LogP contribution in [0.5, 0.6) is 0 Å². The van der Waals surface area contributed by atoms with E-state index in [9.17, 15) is 9.59 Å². The minimum Gasteiger partial charge on any atom is -0.481 e. The summed E-state index contributed by atoms with van der Waals surface area (Å²) in [5.41, 5.74) is 1.57. The standard InChI is InChI=1S/C20H28N4O3/c1-14(19(26)27)12-23(5)13-18(25)21-17-11-16(20(2,3)4)22-24(17)15-9-7-6-8-10-15/h6-11,14H,12-13H2,1-5H3,(H,21,25)(H,26,27). The number of benzene rings is 1. The minimum absolute atomic E-state index is 0.0996. The smallest absolute Gasteiger partial charge is 0.307 e. The minimum atomic E-state index is -0.876. The highest BCUT2D eigenvalue weighted by Gasteiger charge is 2.22. The fourth-order valence-electron chi connectivity index (χ4n) is 2.64. The van der Waals surface area contributed by atoms with E-state index in [-0.39, 0.29) is 17.9 Å². The molecule has 1 unspecified atom stereocenters. The number of nitrogens with zero attached hydrogens (tertiary/aromatic N) is 3. The van der Waals surface area contributed by atoms with Crippen LogP contribution in [0.1, 0.15) is 33.4 Å². The average Bonchev–Trinajstić information content (AvgIpc) is 2.99. The number of hydrogen-bond donors (Lipinski definition) is 2. The van der Waals surface area contributed by atoms with Gasteiger partial charge in [0.25, 0.3) is 0 Å². The molecule has 0 aliphatic heterocycles. The summed E-state index contributed by atoms with van der Waals surface area (Å²) in [6.07, 6.45) is 0. The maximum absolute atomic E-state index is 12.5. The Morgan fingerprint density at radius 3 is 2.44 bits per heavy atom. The lowest BCUT2D eigenvalue weighted by atomic mass is 9.92. The molecule has 0 radical (unpaired) electrons. The van der Waals surface area contributed by atoms with Crippen LogP contribution in [0, 0.1) is 5.92 Å². The van der Waals surface area contributed by atoms with Gasteiger partial charge in [-0.3, -0.25) is 14.5 Å². The van der Waals surface area contributed by atoms with Gasteiger partial charge in [-0.1, -0.05) is 45.9 Å². The van der Waals surface area contributed by atoms with Crippen LogP contribution in [0.2, 0.25) is 0 Å². The molecule has 1 aromatic heterocycles. The molecule has 2 aromatic rings. The largest absolute Gasteiger partial charge is 0.481 e. The number of nitrogens with one attached hydrogen (secondary N) is 1. The number of aromatic nitrogens is 2. The molecular formula is C20H28N4O3. The number of carbonyl (C=O) groups is 2. The number of amides is 1. The summed E-state index contributed by atoms with van der Waals surface area (Å²) in [6.45, 7) is 8.22. The lowest BCUT2D eigenvalue weighted by molar-refractivity contribution is -0.141. The SMILES string of the molecule is CC(CN(C)CC(=O)Nc1cc(C(C)(C)C)nn1-c1ccccc1)C(=O)O. The number of anilines is 1. The number of carbonyl (C=O) groups excluding carboxylic acids is 1. The predicted octanol–water partition coefficient (Wildman–Crippen LogP) is 2.76. The molecule has 1 aromatic carbocycles. The highest BCUT2D eigenvalue weighted by Crippen LogP contribution is 2.26. The lowest BCUT2D eigenvalue weighted by Gasteiger charge is -2.18. The summed E-state index contributed by atoms with van der Waals surface area (Å²) in [7, 11) is 1.73. The molecule has 27 heavy (non-hydrogen) atoms. The molecule has 146 valence electrons. The molecular weight excluding hydrogens is 344 g/mol. The topological polar surface area (TPSA) is 87.5 Å². The number of likely N-dealkylation sites (N-methyl/N-ethyl adjacent to an activating group) is 1. The molecule has 0 saturated heterocycles. The number of rotatable bonds is 7. The van der Waals surface area contributed by atoms with Crippen molar-refractivity contribution in [3.63, 3.8) is 0 Å². The van der Waals surface area contributed by atoms with E-state index in [1.54, 1.807) is 23.6 Å². The van der Waals surface area contributed by atoms with Crippen molar-refractivity contribution in [2.75, 3.05) is 25.5 Å². The Bertz CT molecular complexity index is 793. The Labute approximate surface area is 160 Å². The van der Waals surface area contributed by atoms with E-state index in [4.69, 9.17) is 5.11 Å². The van der Waals surface area contributed by atoms with Crippen LogP contribution in [-0.2, 0) is 15.0 Å². The fraction of sp³-hybridized carbons (Fsp3) is 0.450. The zero-order chi connectivity index (χ0) is 20.2. The Morgan fingerprint density at radius 2 is 1.89 bits per heavy atom. The number of hydrogen-bond acceptors (Lipinski definition) is 4. The Kier molecular flexibility index (Phi) is 6.38. The zero-order valence-electron chi connectivity index (χ0n) is 16.6. The third-order valence-corrected chi connectivity index (χ3v) is 4.17. The van der Waals surface area contributed by atoms with Crippen molar-refractivity contribution in [2.45, 2.75) is 33.1 Å². The van der Waals surface area contributed by atoms with E-state index in [0.29, 0.717) is 12.4 Å². The van der Waals surface area contributed by atoms with Crippen molar-refractivity contribution in [1.82, 2.24) is 14.7 Å². The van der Waals surface area contributed by atoms with Gasteiger partial charge in [-0.2, -0.15) is 5.10 Å². The molecule has 0 fully saturated rings. The van der Waals surface area contributed by atoms with Gasteiger partial charge < -0.3 is 10.4 Å². The van der Waals surface area contributed by atoms with E-state index >= 15 is 0 Å². The van der Waals surface area contributed by atoms with Crippen LogP contribution in [-0.4, -0.2) is 51.8 Å². The van der Waals surface area contributed by atoms with E-state index in [1.165, 1.54) is 0 Å². The van der Waals surface area contributed by atoms with Crippen molar-refractivity contribution >= 4 is 17.7 Å².